The highest BCUT2D eigenvalue weighted by Crippen LogP contribution is 2.36. The Balaban J connectivity index is 1.98. The highest BCUT2D eigenvalue weighted by molar-refractivity contribution is 6.31. The van der Waals surface area contributed by atoms with Gasteiger partial charge in [-0.05, 0) is 24.3 Å². The number of aromatic amines is 1. The number of nitriles is 2. The van der Waals surface area contributed by atoms with Crippen molar-refractivity contribution in [3.63, 3.8) is 0 Å². The van der Waals surface area contributed by atoms with Gasteiger partial charge in [0.05, 0.1) is 39.9 Å². The summed E-state index contributed by atoms with van der Waals surface area (Å²) in [6.07, 6.45) is 0. The van der Waals surface area contributed by atoms with E-state index in [1.807, 2.05) is 30.3 Å². The number of hydrogen-bond donors (Lipinski definition) is 1. The van der Waals surface area contributed by atoms with E-state index in [0.717, 1.165) is 27.2 Å². The summed E-state index contributed by atoms with van der Waals surface area (Å²) in [6.45, 7) is 0. The fraction of sp³-hybridized carbons (Fsp3) is 0. The van der Waals surface area contributed by atoms with Crippen LogP contribution in [0.5, 0.6) is 0 Å². The zero-order valence-corrected chi connectivity index (χ0v) is 15.1. The third kappa shape index (κ3) is 2.24. The van der Waals surface area contributed by atoms with E-state index in [0.29, 0.717) is 33.2 Å². The number of aromatic nitrogens is 3. The molecular formula is C22H10ClN5. The minimum Gasteiger partial charge on any atom is -0.345 e. The van der Waals surface area contributed by atoms with Gasteiger partial charge in [0.15, 0.2) is 5.82 Å². The van der Waals surface area contributed by atoms with E-state index in [1.165, 1.54) is 0 Å². The first kappa shape index (κ1) is 16.3. The van der Waals surface area contributed by atoms with Crippen LogP contribution in [0.3, 0.4) is 0 Å². The number of pyridine rings is 1. The number of nitrogens with zero attached hydrogens (tertiary/aromatic N) is 4. The minimum atomic E-state index is 0.372. The van der Waals surface area contributed by atoms with Crippen LogP contribution in [0.1, 0.15) is 11.1 Å². The Morgan fingerprint density at radius 2 is 1.39 bits per heavy atom. The predicted molar refractivity (Wildman–Crippen MR) is 109 cm³/mol. The van der Waals surface area contributed by atoms with Gasteiger partial charge in [-0.2, -0.15) is 10.5 Å². The van der Waals surface area contributed by atoms with Gasteiger partial charge >= 0.3 is 0 Å². The largest absolute Gasteiger partial charge is 0.345 e. The summed E-state index contributed by atoms with van der Waals surface area (Å²) >= 11 is 6.19. The fourth-order valence-electron chi connectivity index (χ4n) is 3.60. The van der Waals surface area contributed by atoms with Gasteiger partial charge in [0.25, 0.3) is 0 Å². The average molecular weight is 380 g/mol. The van der Waals surface area contributed by atoms with Gasteiger partial charge in [-0.15, -0.1) is 0 Å². The maximum atomic E-state index is 9.51. The molecule has 5 nitrogen and oxygen atoms in total. The maximum Gasteiger partial charge on any atom is 0.163 e. The van der Waals surface area contributed by atoms with Gasteiger partial charge in [0, 0.05) is 16.2 Å². The summed E-state index contributed by atoms with van der Waals surface area (Å²) in [5.74, 6) is 0.372. The number of nitrogens with one attached hydrogen (secondary N) is 1. The lowest BCUT2D eigenvalue weighted by Gasteiger charge is -2.06. The van der Waals surface area contributed by atoms with E-state index >= 15 is 0 Å². The topological polar surface area (TPSA) is 89.1 Å². The van der Waals surface area contributed by atoms with Crippen LogP contribution in [0.2, 0.25) is 5.15 Å². The van der Waals surface area contributed by atoms with E-state index < -0.39 is 0 Å². The van der Waals surface area contributed by atoms with Gasteiger partial charge in [-0.1, -0.05) is 41.9 Å². The number of fused-ring (bicyclic) bond motifs is 6. The van der Waals surface area contributed by atoms with E-state index in [2.05, 4.69) is 17.1 Å². The second kappa shape index (κ2) is 6.06. The van der Waals surface area contributed by atoms with Crippen LogP contribution in [0.15, 0.2) is 54.6 Å². The molecule has 0 amide bonds. The van der Waals surface area contributed by atoms with Crippen molar-refractivity contribution in [3.05, 3.63) is 70.9 Å². The number of benzene rings is 3. The van der Waals surface area contributed by atoms with Crippen molar-refractivity contribution in [2.75, 3.05) is 0 Å². The van der Waals surface area contributed by atoms with Crippen molar-refractivity contribution in [1.82, 2.24) is 15.0 Å². The molecule has 3 aromatic carbocycles. The van der Waals surface area contributed by atoms with Gasteiger partial charge in [-0.25, -0.2) is 9.97 Å². The third-order valence-corrected chi connectivity index (χ3v) is 5.03. The minimum absolute atomic E-state index is 0.372. The van der Waals surface area contributed by atoms with Crippen LogP contribution in [0, 0.1) is 22.7 Å². The lowest BCUT2D eigenvalue weighted by atomic mass is 10.0. The van der Waals surface area contributed by atoms with Crippen LogP contribution in [0.25, 0.3) is 44.1 Å². The summed E-state index contributed by atoms with van der Waals surface area (Å²) in [6, 6.07) is 20.9. The molecule has 0 radical (unpaired) electrons. The van der Waals surface area contributed by atoms with E-state index in [1.54, 1.807) is 24.3 Å². The first-order valence-corrected chi connectivity index (χ1v) is 8.89. The summed E-state index contributed by atoms with van der Waals surface area (Å²) in [4.78, 5) is 12.7. The highest BCUT2D eigenvalue weighted by atomic mass is 35.5. The maximum absolute atomic E-state index is 9.51. The smallest absolute Gasteiger partial charge is 0.163 e. The van der Waals surface area contributed by atoms with Crippen molar-refractivity contribution in [3.8, 4) is 23.5 Å². The summed E-state index contributed by atoms with van der Waals surface area (Å²) < 4.78 is 0. The van der Waals surface area contributed by atoms with Crippen molar-refractivity contribution < 1.29 is 0 Å². The molecule has 130 valence electrons. The first-order chi connectivity index (χ1) is 13.7. The van der Waals surface area contributed by atoms with E-state index in [9.17, 15) is 10.5 Å². The Morgan fingerprint density at radius 3 is 2.07 bits per heavy atom. The van der Waals surface area contributed by atoms with Crippen LogP contribution >= 0.6 is 11.6 Å². The van der Waals surface area contributed by atoms with E-state index in [-0.39, 0.29) is 0 Å². The number of hydrogen-bond acceptors (Lipinski definition) is 4. The van der Waals surface area contributed by atoms with E-state index in [4.69, 9.17) is 21.6 Å². The van der Waals surface area contributed by atoms with Gasteiger partial charge in [-0.3, -0.25) is 0 Å². The fourth-order valence-corrected chi connectivity index (χ4v) is 3.75. The third-order valence-electron chi connectivity index (χ3n) is 4.81. The summed E-state index contributed by atoms with van der Waals surface area (Å²) in [5, 5.41) is 22.3. The van der Waals surface area contributed by atoms with Crippen molar-refractivity contribution in [2.45, 2.75) is 0 Å². The quantitative estimate of drug-likeness (QED) is 0.315. The number of halogens is 1. The van der Waals surface area contributed by atoms with Gasteiger partial charge in [0.2, 0.25) is 0 Å². The molecule has 0 bridgehead atoms. The molecule has 5 aromatic rings. The lowest BCUT2D eigenvalue weighted by Crippen LogP contribution is -1.91. The first-order valence-electron chi connectivity index (χ1n) is 8.51. The molecule has 28 heavy (non-hydrogen) atoms. The molecule has 0 fully saturated rings. The molecule has 5 rings (SSSR count). The molecule has 0 aliphatic rings. The second-order valence-corrected chi connectivity index (χ2v) is 6.74. The standard InChI is InChI=1S/C22H10ClN5/c23-17-9-8-16-19(26-17)14-6-1-2-7-15(14)20-21(16)28-22(27-20)18-12(10-24)4-3-5-13(18)11-25/h1-9,26H. The number of H-pyrrole nitrogens is 1. The average Bonchev–Trinajstić information content (AvgIpc) is 3.18. The Morgan fingerprint density at radius 1 is 0.750 bits per heavy atom. The monoisotopic (exact) mass is 379 g/mol. The summed E-state index contributed by atoms with van der Waals surface area (Å²) in [5.41, 5.74) is 3.50. The molecule has 0 unspecified atom stereocenters. The lowest BCUT2D eigenvalue weighted by molar-refractivity contribution is 1.31. The molecule has 0 aliphatic carbocycles. The van der Waals surface area contributed by atoms with Crippen molar-refractivity contribution in [2.24, 2.45) is 0 Å². The normalized spacial score (nSPS) is 11.0. The molecule has 6 heteroatoms. The van der Waals surface area contributed by atoms with Crippen LogP contribution < -0.4 is 0 Å². The van der Waals surface area contributed by atoms with Gasteiger partial charge < -0.3 is 4.98 Å². The SMILES string of the molecule is N#Cc1cccc(C#N)c1-c1nc2c3ccccc3c3[nH]c(Cl)ccc3c2n1. The van der Waals surface area contributed by atoms with Gasteiger partial charge in [0.1, 0.15) is 10.7 Å². The van der Waals surface area contributed by atoms with Crippen LogP contribution in [0.4, 0.5) is 0 Å². The Kier molecular flexibility index (Phi) is 3.52. The molecule has 2 aromatic heterocycles. The zero-order chi connectivity index (χ0) is 19.3. The van der Waals surface area contributed by atoms with Crippen LogP contribution in [-0.4, -0.2) is 15.0 Å². The Bertz CT molecular complexity index is 1470. The molecule has 0 aliphatic heterocycles. The molecule has 1 N–H and O–H groups in total. The van der Waals surface area contributed by atoms with Crippen molar-refractivity contribution >= 4 is 44.3 Å². The Hall–Kier alpha value is -3.93. The molecule has 0 saturated carbocycles. The summed E-state index contributed by atoms with van der Waals surface area (Å²) in [7, 11) is 0. The molecular weight excluding hydrogens is 370 g/mol. The molecule has 0 saturated heterocycles. The van der Waals surface area contributed by atoms with Crippen LogP contribution in [-0.2, 0) is 0 Å². The van der Waals surface area contributed by atoms with Crippen molar-refractivity contribution in [1.29, 1.82) is 10.5 Å². The number of rotatable bonds is 1. The Labute approximate surface area is 164 Å². The predicted octanol–water partition coefficient (Wildman–Crippen LogP) is 5.33. The zero-order valence-electron chi connectivity index (χ0n) is 14.4. The molecule has 0 spiro atoms. The molecule has 0 atom stereocenters. The number of imidazole rings is 1. The molecule has 2 heterocycles. The highest BCUT2D eigenvalue weighted by Gasteiger charge is 2.19. The second-order valence-electron chi connectivity index (χ2n) is 6.34.